The van der Waals surface area contributed by atoms with Crippen molar-refractivity contribution in [1.29, 1.82) is 0 Å². The fraction of sp³-hybridized carbons (Fsp3) is 0.125. The maximum Gasteiger partial charge on any atom is 0.258 e. The maximum absolute atomic E-state index is 13.5. The number of hydrogen-bond acceptors (Lipinski definition) is 3. The van der Waals surface area contributed by atoms with Crippen molar-refractivity contribution in [2.75, 3.05) is 6.54 Å². The average molecular weight is 382 g/mol. The lowest BCUT2D eigenvalue weighted by atomic mass is 10.1. The van der Waals surface area contributed by atoms with Gasteiger partial charge in [-0.2, -0.15) is 5.10 Å². The highest BCUT2D eigenvalue weighted by molar-refractivity contribution is 5.99. The number of nitrogens with one attached hydrogen (secondary N) is 1. The molecule has 4 rings (SSSR count). The van der Waals surface area contributed by atoms with E-state index in [9.17, 15) is 4.79 Å². The highest BCUT2D eigenvalue weighted by atomic mass is 16.2. The molecule has 0 aliphatic carbocycles. The summed E-state index contributed by atoms with van der Waals surface area (Å²) in [6.07, 6.45) is 4.14. The first-order chi connectivity index (χ1) is 14.3. The molecule has 0 spiro atoms. The van der Waals surface area contributed by atoms with Crippen LogP contribution < -0.4 is 0 Å². The topological polar surface area (TPSA) is 61.9 Å². The van der Waals surface area contributed by atoms with Gasteiger partial charge in [0.1, 0.15) is 0 Å². The molecule has 0 aliphatic heterocycles. The Kier molecular flexibility index (Phi) is 5.76. The highest BCUT2D eigenvalue weighted by Crippen LogP contribution is 2.22. The molecule has 5 nitrogen and oxygen atoms in total. The molecule has 2 heterocycles. The van der Waals surface area contributed by atoms with Gasteiger partial charge in [0, 0.05) is 18.3 Å². The predicted octanol–water partition coefficient (Wildman–Crippen LogP) is 4.36. The largest absolute Gasteiger partial charge is 0.332 e. The molecule has 0 saturated carbocycles. The molecule has 1 amide bonds. The van der Waals surface area contributed by atoms with Crippen molar-refractivity contribution >= 4 is 5.91 Å². The molecule has 144 valence electrons. The molecule has 0 radical (unpaired) electrons. The molecule has 4 aromatic rings. The second-order valence-electron chi connectivity index (χ2n) is 6.81. The van der Waals surface area contributed by atoms with Crippen LogP contribution in [0.5, 0.6) is 0 Å². The zero-order valence-corrected chi connectivity index (χ0v) is 16.0. The summed E-state index contributed by atoms with van der Waals surface area (Å²) >= 11 is 0. The predicted molar refractivity (Wildman–Crippen MR) is 113 cm³/mol. The number of benzene rings is 2. The summed E-state index contributed by atoms with van der Waals surface area (Å²) in [5.74, 6) is -0.0563. The van der Waals surface area contributed by atoms with Crippen molar-refractivity contribution in [2.24, 2.45) is 0 Å². The van der Waals surface area contributed by atoms with E-state index >= 15 is 0 Å². The third-order valence-corrected chi connectivity index (χ3v) is 4.81. The minimum absolute atomic E-state index is 0.0563. The number of rotatable bonds is 7. The van der Waals surface area contributed by atoms with Gasteiger partial charge >= 0.3 is 0 Å². The molecule has 2 aromatic carbocycles. The quantitative estimate of drug-likeness (QED) is 0.517. The van der Waals surface area contributed by atoms with Crippen molar-refractivity contribution in [2.45, 2.75) is 13.0 Å². The second-order valence-corrected chi connectivity index (χ2v) is 6.81. The number of pyridine rings is 1. The van der Waals surface area contributed by atoms with E-state index in [0.29, 0.717) is 18.7 Å². The lowest BCUT2D eigenvalue weighted by Crippen LogP contribution is -2.33. The first-order valence-electron chi connectivity index (χ1n) is 9.63. The van der Waals surface area contributed by atoms with Crippen LogP contribution in [0, 0.1) is 0 Å². The zero-order valence-electron chi connectivity index (χ0n) is 16.0. The average Bonchev–Trinajstić information content (AvgIpc) is 3.28. The zero-order chi connectivity index (χ0) is 19.9. The minimum Gasteiger partial charge on any atom is -0.332 e. The summed E-state index contributed by atoms with van der Waals surface area (Å²) in [6.45, 7) is 1.05. The molecule has 29 heavy (non-hydrogen) atoms. The molecule has 0 bridgehead atoms. The first-order valence-corrected chi connectivity index (χ1v) is 9.63. The van der Waals surface area contributed by atoms with Gasteiger partial charge in [-0.25, -0.2) is 0 Å². The van der Waals surface area contributed by atoms with Crippen LogP contribution in [0.4, 0.5) is 0 Å². The van der Waals surface area contributed by atoms with Crippen LogP contribution in [-0.2, 0) is 13.0 Å². The number of amides is 1. The number of hydrogen-bond donors (Lipinski definition) is 1. The second kappa shape index (κ2) is 8.97. The summed E-state index contributed by atoms with van der Waals surface area (Å²) in [4.78, 5) is 19.7. The third-order valence-electron chi connectivity index (χ3n) is 4.81. The van der Waals surface area contributed by atoms with Crippen LogP contribution in [0.2, 0.25) is 0 Å². The van der Waals surface area contributed by atoms with Crippen molar-refractivity contribution in [3.63, 3.8) is 0 Å². The fourth-order valence-electron chi connectivity index (χ4n) is 3.29. The molecular weight excluding hydrogens is 360 g/mol. The molecule has 2 aromatic heterocycles. The molecule has 0 saturated heterocycles. The Morgan fingerprint density at radius 3 is 2.34 bits per heavy atom. The summed E-state index contributed by atoms with van der Waals surface area (Å²) < 4.78 is 0. The Balaban J connectivity index is 1.60. The number of aromatic nitrogens is 3. The number of nitrogens with zero attached hydrogens (tertiary/aromatic N) is 3. The molecule has 0 aliphatic rings. The van der Waals surface area contributed by atoms with E-state index < -0.39 is 0 Å². The summed E-state index contributed by atoms with van der Waals surface area (Å²) in [6, 6.07) is 25.7. The van der Waals surface area contributed by atoms with Crippen molar-refractivity contribution < 1.29 is 4.79 Å². The molecular formula is C24H22N4O. The Bertz CT molecular complexity index is 1050. The van der Waals surface area contributed by atoms with Crippen LogP contribution in [-0.4, -0.2) is 32.5 Å². The molecule has 0 unspecified atom stereocenters. The van der Waals surface area contributed by atoms with Gasteiger partial charge in [-0.05, 0) is 24.1 Å². The summed E-state index contributed by atoms with van der Waals surface area (Å²) in [5.41, 5.74) is 4.30. The van der Waals surface area contributed by atoms with E-state index in [1.54, 1.807) is 12.4 Å². The third kappa shape index (κ3) is 4.58. The van der Waals surface area contributed by atoms with Gasteiger partial charge in [0.25, 0.3) is 5.91 Å². The number of carbonyl (C=O) groups excluding carboxylic acids is 1. The van der Waals surface area contributed by atoms with E-state index in [-0.39, 0.29) is 5.91 Å². The molecule has 5 heteroatoms. The maximum atomic E-state index is 13.5. The van der Waals surface area contributed by atoms with Crippen LogP contribution >= 0.6 is 0 Å². The van der Waals surface area contributed by atoms with Gasteiger partial charge in [-0.3, -0.25) is 14.9 Å². The van der Waals surface area contributed by atoms with Gasteiger partial charge in [-0.1, -0.05) is 66.7 Å². The van der Waals surface area contributed by atoms with E-state index in [2.05, 4.69) is 27.3 Å². The minimum atomic E-state index is -0.0563. The van der Waals surface area contributed by atoms with Crippen molar-refractivity contribution in [3.8, 4) is 11.3 Å². The van der Waals surface area contributed by atoms with E-state index in [1.165, 1.54) is 5.56 Å². The SMILES string of the molecule is O=C(c1cn[nH]c1-c1ccccc1)N(CCc1ccccc1)Cc1ccccn1. The van der Waals surface area contributed by atoms with Gasteiger partial charge in [-0.15, -0.1) is 0 Å². The molecule has 0 fully saturated rings. The van der Waals surface area contributed by atoms with Crippen LogP contribution in [0.3, 0.4) is 0 Å². The lowest BCUT2D eigenvalue weighted by Gasteiger charge is -2.22. The molecule has 0 atom stereocenters. The lowest BCUT2D eigenvalue weighted by molar-refractivity contribution is 0.0744. The summed E-state index contributed by atoms with van der Waals surface area (Å²) in [7, 11) is 0. The Morgan fingerprint density at radius 2 is 1.62 bits per heavy atom. The fourth-order valence-corrected chi connectivity index (χ4v) is 3.29. The van der Waals surface area contributed by atoms with Gasteiger partial charge < -0.3 is 4.90 Å². The van der Waals surface area contributed by atoms with Gasteiger partial charge in [0.2, 0.25) is 0 Å². The normalized spacial score (nSPS) is 10.6. The smallest absolute Gasteiger partial charge is 0.258 e. The standard InChI is InChI=1S/C24H22N4O/c29-24(22-17-26-27-23(22)20-11-5-2-6-12-20)28(18-21-13-7-8-15-25-21)16-14-19-9-3-1-4-10-19/h1-13,15,17H,14,16,18H2,(H,26,27). The number of aromatic amines is 1. The van der Waals surface area contributed by atoms with Crippen molar-refractivity contribution in [1.82, 2.24) is 20.1 Å². The van der Waals surface area contributed by atoms with Crippen LogP contribution in [0.1, 0.15) is 21.6 Å². The monoisotopic (exact) mass is 382 g/mol. The van der Waals surface area contributed by atoms with Gasteiger partial charge in [0.15, 0.2) is 0 Å². The van der Waals surface area contributed by atoms with E-state index in [1.807, 2.05) is 71.6 Å². The van der Waals surface area contributed by atoms with Crippen LogP contribution in [0.15, 0.2) is 91.3 Å². The Labute approximate surface area is 170 Å². The number of carbonyl (C=O) groups is 1. The summed E-state index contributed by atoms with van der Waals surface area (Å²) in [5, 5.41) is 7.12. The Hall–Kier alpha value is -3.73. The van der Waals surface area contributed by atoms with Crippen LogP contribution in [0.25, 0.3) is 11.3 Å². The number of H-pyrrole nitrogens is 1. The Morgan fingerprint density at radius 1 is 0.897 bits per heavy atom. The van der Waals surface area contributed by atoms with Crippen molar-refractivity contribution in [3.05, 3.63) is 108 Å². The van der Waals surface area contributed by atoms with Gasteiger partial charge in [0.05, 0.1) is 29.7 Å². The highest BCUT2D eigenvalue weighted by Gasteiger charge is 2.22. The van der Waals surface area contributed by atoms with E-state index in [4.69, 9.17) is 0 Å². The van der Waals surface area contributed by atoms with E-state index in [0.717, 1.165) is 23.4 Å². The molecule has 1 N–H and O–H groups in total. The first kappa shape index (κ1) is 18.6.